The molecule has 39 heavy (non-hydrogen) atoms. The topological polar surface area (TPSA) is 160 Å². The molecule has 1 aliphatic heterocycles. The van der Waals surface area contributed by atoms with Crippen molar-refractivity contribution in [1.29, 1.82) is 0 Å². The number of benzene rings is 1. The van der Waals surface area contributed by atoms with Crippen LogP contribution in [0.2, 0.25) is 0 Å². The Bertz CT molecular complexity index is 1170. The zero-order valence-corrected chi connectivity index (χ0v) is 22.9. The second-order valence-corrected chi connectivity index (χ2v) is 12.7. The minimum Gasteiger partial charge on any atom is -0.455 e. The molecule has 11 atom stereocenters. The van der Waals surface area contributed by atoms with Crippen molar-refractivity contribution in [1.82, 2.24) is 0 Å². The van der Waals surface area contributed by atoms with Crippen LogP contribution in [0.5, 0.6) is 0 Å². The predicted octanol–water partition coefficient (Wildman–Crippen LogP) is 1.02. The smallest absolute Gasteiger partial charge is 0.338 e. The fourth-order valence-corrected chi connectivity index (χ4v) is 8.20. The fourth-order valence-electron chi connectivity index (χ4n) is 8.20. The lowest BCUT2D eigenvalue weighted by atomic mass is 9.42. The van der Waals surface area contributed by atoms with Crippen LogP contribution in [0.3, 0.4) is 0 Å². The summed E-state index contributed by atoms with van der Waals surface area (Å²) in [7, 11) is 0. The molecule has 4 N–H and O–H groups in total. The molecule has 0 radical (unpaired) electrons. The first-order valence-corrected chi connectivity index (χ1v) is 13.5. The van der Waals surface area contributed by atoms with E-state index in [4.69, 9.17) is 14.2 Å². The number of carbonyl (C=O) groups is 3. The molecule has 1 saturated heterocycles. The molecule has 1 heterocycles. The number of esters is 2. The molecule has 0 amide bonds. The van der Waals surface area contributed by atoms with Gasteiger partial charge in [0.05, 0.1) is 35.7 Å². The van der Waals surface area contributed by atoms with Crippen molar-refractivity contribution in [2.24, 2.45) is 28.6 Å². The van der Waals surface area contributed by atoms with E-state index in [0.717, 1.165) is 0 Å². The van der Waals surface area contributed by atoms with E-state index in [-0.39, 0.29) is 25.0 Å². The Morgan fingerprint density at radius 2 is 1.72 bits per heavy atom. The number of Topliss-reactive ketones (excluding diaryl/α,β-unsaturated/α-hetero) is 1. The van der Waals surface area contributed by atoms with E-state index in [9.17, 15) is 34.8 Å². The number of rotatable bonds is 3. The average Bonchev–Trinajstić information content (AvgIpc) is 2.87. The van der Waals surface area contributed by atoms with Gasteiger partial charge in [-0.05, 0) is 25.0 Å². The minimum absolute atomic E-state index is 0.0667. The maximum atomic E-state index is 14.3. The van der Waals surface area contributed by atoms with Crippen molar-refractivity contribution in [3.63, 3.8) is 0 Å². The van der Waals surface area contributed by atoms with E-state index in [1.54, 1.807) is 51.1 Å². The molecule has 2 bridgehead atoms. The van der Waals surface area contributed by atoms with Gasteiger partial charge in [-0.2, -0.15) is 0 Å². The molecule has 10 heteroatoms. The van der Waals surface area contributed by atoms with E-state index in [2.05, 4.69) is 0 Å². The molecule has 214 valence electrons. The van der Waals surface area contributed by atoms with Gasteiger partial charge in [-0.25, -0.2) is 4.79 Å². The van der Waals surface area contributed by atoms with Crippen molar-refractivity contribution in [3.05, 3.63) is 35.9 Å². The van der Waals surface area contributed by atoms with E-state index in [1.807, 2.05) is 0 Å². The highest BCUT2D eigenvalue weighted by Gasteiger charge is 2.78. The third-order valence-electron chi connectivity index (χ3n) is 10.5. The minimum atomic E-state index is -2.01. The zero-order valence-electron chi connectivity index (χ0n) is 22.9. The van der Waals surface area contributed by atoms with Crippen molar-refractivity contribution >= 4 is 17.7 Å². The Hall–Kier alpha value is -2.37. The quantitative estimate of drug-likeness (QED) is 0.403. The lowest BCUT2D eigenvalue weighted by Gasteiger charge is -2.68. The first-order chi connectivity index (χ1) is 18.1. The highest BCUT2D eigenvalue weighted by atomic mass is 16.6. The molecule has 3 aliphatic carbocycles. The summed E-state index contributed by atoms with van der Waals surface area (Å²) in [6, 6.07) is 8.12. The van der Waals surface area contributed by atoms with E-state index in [1.165, 1.54) is 13.8 Å². The molecule has 5 rings (SSSR count). The number of hydrogen-bond donors (Lipinski definition) is 4. The third-order valence-corrected chi connectivity index (χ3v) is 10.5. The molecular formula is C29H38O10. The molecule has 10 nitrogen and oxygen atoms in total. The number of aliphatic hydroxyl groups is 4. The van der Waals surface area contributed by atoms with Crippen LogP contribution in [0.25, 0.3) is 0 Å². The van der Waals surface area contributed by atoms with Crippen LogP contribution in [0.15, 0.2) is 30.3 Å². The van der Waals surface area contributed by atoms with Crippen molar-refractivity contribution in [3.8, 4) is 0 Å². The highest BCUT2D eigenvalue weighted by Crippen LogP contribution is 2.64. The predicted molar refractivity (Wildman–Crippen MR) is 135 cm³/mol. The Labute approximate surface area is 227 Å². The maximum absolute atomic E-state index is 14.3. The van der Waals surface area contributed by atoms with Crippen LogP contribution in [0.4, 0.5) is 0 Å². The zero-order chi connectivity index (χ0) is 28.7. The van der Waals surface area contributed by atoms with E-state index >= 15 is 0 Å². The molecule has 4 aliphatic rings. The van der Waals surface area contributed by atoms with Crippen LogP contribution >= 0.6 is 0 Å². The number of carbonyl (C=O) groups excluding carboxylic acids is 3. The van der Waals surface area contributed by atoms with Crippen LogP contribution in [0, 0.1) is 28.6 Å². The summed E-state index contributed by atoms with van der Waals surface area (Å²) < 4.78 is 17.8. The second-order valence-electron chi connectivity index (χ2n) is 12.7. The first-order valence-electron chi connectivity index (χ1n) is 13.5. The molecule has 3 saturated carbocycles. The number of fused-ring (bicyclic) bond motifs is 5. The maximum Gasteiger partial charge on any atom is 0.338 e. The van der Waals surface area contributed by atoms with Crippen LogP contribution in [-0.4, -0.2) is 86.5 Å². The van der Waals surface area contributed by atoms with Gasteiger partial charge >= 0.3 is 11.9 Å². The molecule has 0 spiro atoms. The molecule has 10 unspecified atom stereocenters. The summed E-state index contributed by atoms with van der Waals surface area (Å²) in [5.74, 6) is -5.04. The van der Waals surface area contributed by atoms with Crippen molar-refractivity contribution in [2.45, 2.75) is 89.2 Å². The molecular weight excluding hydrogens is 508 g/mol. The van der Waals surface area contributed by atoms with Gasteiger partial charge in [0.15, 0.2) is 11.4 Å². The van der Waals surface area contributed by atoms with Gasteiger partial charge in [-0.15, -0.1) is 0 Å². The van der Waals surface area contributed by atoms with Crippen LogP contribution in [0.1, 0.15) is 57.8 Å². The van der Waals surface area contributed by atoms with Gasteiger partial charge in [0.25, 0.3) is 0 Å². The molecule has 1 aromatic carbocycles. The molecule has 0 aromatic heterocycles. The van der Waals surface area contributed by atoms with E-state index < -0.39 is 88.0 Å². The summed E-state index contributed by atoms with van der Waals surface area (Å²) in [5, 5.41) is 46.9. The van der Waals surface area contributed by atoms with Gasteiger partial charge in [-0.1, -0.05) is 39.0 Å². The SMILES string of the molecule is CC(=O)OC12COC1CC(O)[C@@]1(C)C(=O)C(O)C3C(C)C(O)CC(O)(C(OC(=O)c4ccccc4)C21)C3(C)C. The van der Waals surface area contributed by atoms with Crippen LogP contribution < -0.4 is 0 Å². The Balaban J connectivity index is 1.79. The Kier molecular flexibility index (Phi) is 6.55. The first kappa shape index (κ1) is 28.2. The molecule has 1 aromatic rings. The van der Waals surface area contributed by atoms with Crippen molar-refractivity contribution < 1.29 is 49.0 Å². The van der Waals surface area contributed by atoms with Gasteiger partial charge in [0.1, 0.15) is 23.9 Å². The van der Waals surface area contributed by atoms with Crippen LogP contribution in [-0.2, 0) is 23.8 Å². The lowest BCUT2D eigenvalue weighted by molar-refractivity contribution is -0.355. The van der Waals surface area contributed by atoms with Gasteiger partial charge < -0.3 is 34.6 Å². The van der Waals surface area contributed by atoms with Crippen molar-refractivity contribution in [2.75, 3.05) is 6.61 Å². The fraction of sp³-hybridized carbons (Fsp3) is 0.690. The highest BCUT2D eigenvalue weighted by molar-refractivity contribution is 5.92. The number of ketones is 1. The third kappa shape index (κ3) is 3.68. The second kappa shape index (κ2) is 9.07. The summed E-state index contributed by atoms with van der Waals surface area (Å²) >= 11 is 0. The molecule has 4 fully saturated rings. The largest absolute Gasteiger partial charge is 0.455 e. The number of ether oxygens (including phenoxy) is 3. The summed E-state index contributed by atoms with van der Waals surface area (Å²) in [5.41, 5.74) is -6.43. The Morgan fingerprint density at radius 1 is 1.08 bits per heavy atom. The number of hydrogen-bond acceptors (Lipinski definition) is 10. The summed E-state index contributed by atoms with van der Waals surface area (Å²) in [4.78, 5) is 40.3. The lowest BCUT2D eigenvalue weighted by Crippen LogP contribution is -2.83. The van der Waals surface area contributed by atoms with Gasteiger partial charge in [0.2, 0.25) is 0 Å². The van der Waals surface area contributed by atoms with Gasteiger partial charge in [-0.3, -0.25) is 9.59 Å². The monoisotopic (exact) mass is 546 g/mol. The van der Waals surface area contributed by atoms with E-state index in [0.29, 0.717) is 0 Å². The average molecular weight is 547 g/mol. The summed E-state index contributed by atoms with van der Waals surface area (Å²) in [6.45, 7) is 7.57. The standard InChI is InChI=1S/C29H38O10/c1-14-17(31)12-29(36)24(38-25(35)16-9-7-6-8-10-16)22-27(5,23(34)21(33)20(14)26(29,3)4)18(32)11-19-28(22,13-37-19)39-15(2)30/h6-10,14,17-22,24,31-33,36H,11-13H2,1-5H3/t14?,17?,18?,19?,20?,21?,22?,24?,27-,28?,29?/m1/s1. The summed E-state index contributed by atoms with van der Waals surface area (Å²) in [6.07, 6.45) is -6.87. The normalized spacial score (nSPS) is 46.4. The Morgan fingerprint density at radius 3 is 2.28 bits per heavy atom. The van der Waals surface area contributed by atoms with Gasteiger partial charge in [0, 0.05) is 31.1 Å². The number of aliphatic hydroxyl groups excluding tert-OH is 3.